The third-order valence-electron chi connectivity index (χ3n) is 3.54. The normalized spacial score (nSPS) is 25.1. The Morgan fingerprint density at radius 1 is 1.53 bits per heavy atom. The molecule has 0 radical (unpaired) electrons. The number of aromatic nitrogens is 1. The van der Waals surface area contributed by atoms with Crippen LogP contribution in [0.25, 0.3) is 0 Å². The molecule has 0 aromatic carbocycles. The average Bonchev–Trinajstić information content (AvgIpc) is 2.69. The molecule has 2 heterocycles. The minimum absolute atomic E-state index is 0.0456. The number of nitrogens with zero attached hydrogens (tertiary/aromatic N) is 3. The number of hydrogen-bond donors (Lipinski definition) is 2. The van der Waals surface area contributed by atoms with E-state index in [4.69, 9.17) is 5.73 Å². The van der Waals surface area contributed by atoms with Gasteiger partial charge in [-0.25, -0.2) is 0 Å². The Labute approximate surface area is 115 Å². The number of β-amino-alcohol motifs (C(OH)–C–C–N with tert-alkyl or cyclic N) is 1. The standard InChI is InChI=1S/C14H24N4O/c1-10(15)14-5-4-11(7-16-14)18-9-13(19)6-12(18)8-17(2)3/h4-5,7,10,12-13,19H,6,8-9,15H2,1-3H3. The molecule has 106 valence electrons. The maximum Gasteiger partial charge on any atom is 0.0735 e. The van der Waals surface area contributed by atoms with Crippen LogP contribution in [0.15, 0.2) is 18.3 Å². The monoisotopic (exact) mass is 264 g/mol. The van der Waals surface area contributed by atoms with Crippen LogP contribution in [-0.2, 0) is 0 Å². The number of rotatable bonds is 4. The molecule has 0 bridgehead atoms. The van der Waals surface area contributed by atoms with Crippen molar-refractivity contribution in [2.75, 3.05) is 32.1 Å². The van der Waals surface area contributed by atoms with E-state index in [0.717, 1.165) is 24.3 Å². The summed E-state index contributed by atoms with van der Waals surface area (Å²) in [6.45, 7) is 3.54. The van der Waals surface area contributed by atoms with Gasteiger partial charge >= 0.3 is 0 Å². The Morgan fingerprint density at radius 3 is 2.79 bits per heavy atom. The molecule has 1 fully saturated rings. The highest BCUT2D eigenvalue weighted by atomic mass is 16.3. The zero-order valence-corrected chi connectivity index (χ0v) is 12.0. The van der Waals surface area contributed by atoms with Crippen molar-refractivity contribution in [1.82, 2.24) is 9.88 Å². The maximum atomic E-state index is 9.89. The average molecular weight is 264 g/mol. The van der Waals surface area contributed by atoms with E-state index in [2.05, 4.69) is 28.9 Å². The zero-order valence-electron chi connectivity index (χ0n) is 12.0. The number of aliphatic hydroxyl groups is 1. The largest absolute Gasteiger partial charge is 0.391 e. The van der Waals surface area contributed by atoms with Gasteiger partial charge in [-0.3, -0.25) is 4.98 Å². The smallest absolute Gasteiger partial charge is 0.0735 e. The molecular weight excluding hydrogens is 240 g/mol. The molecule has 1 aliphatic rings. The second kappa shape index (κ2) is 5.86. The second-order valence-corrected chi connectivity index (χ2v) is 5.69. The molecule has 1 aliphatic heterocycles. The van der Waals surface area contributed by atoms with Crippen LogP contribution >= 0.6 is 0 Å². The van der Waals surface area contributed by atoms with Crippen LogP contribution in [0.5, 0.6) is 0 Å². The van der Waals surface area contributed by atoms with E-state index in [1.165, 1.54) is 0 Å². The molecule has 0 amide bonds. The summed E-state index contributed by atoms with van der Waals surface area (Å²) in [5, 5.41) is 9.89. The van der Waals surface area contributed by atoms with Crippen LogP contribution in [0.4, 0.5) is 5.69 Å². The quantitative estimate of drug-likeness (QED) is 0.834. The van der Waals surface area contributed by atoms with E-state index < -0.39 is 0 Å². The van der Waals surface area contributed by atoms with E-state index in [9.17, 15) is 5.11 Å². The highest BCUT2D eigenvalue weighted by Gasteiger charge is 2.31. The summed E-state index contributed by atoms with van der Waals surface area (Å²) >= 11 is 0. The highest BCUT2D eigenvalue weighted by Crippen LogP contribution is 2.26. The molecule has 0 saturated carbocycles. The van der Waals surface area contributed by atoms with Crippen molar-refractivity contribution in [3.8, 4) is 0 Å². The van der Waals surface area contributed by atoms with Gasteiger partial charge in [0.05, 0.1) is 23.7 Å². The van der Waals surface area contributed by atoms with Crippen molar-refractivity contribution in [1.29, 1.82) is 0 Å². The number of nitrogens with two attached hydrogens (primary N) is 1. The Kier molecular flexibility index (Phi) is 4.39. The van der Waals surface area contributed by atoms with Crippen molar-refractivity contribution >= 4 is 5.69 Å². The van der Waals surface area contributed by atoms with E-state index in [1.807, 2.05) is 25.3 Å². The summed E-state index contributed by atoms with van der Waals surface area (Å²) in [4.78, 5) is 8.79. The van der Waals surface area contributed by atoms with Gasteiger partial charge in [0.1, 0.15) is 0 Å². The van der Waals surface area contributed by atoms with Gasteiger partial charge in [0.15, 0.2) is 0 Å². The lowest BCUT2D eigenvalue weighted by molar-refractivity contribution is 0.191. The van der Waals surface area contributed by atoms with Gasteiger partial charge in [-0.2, -0.15) is 0 Å². The number of pyridine rings is 1. The van der Waals surface area contributed by atoms with Crippen LogP contribution in [0, 0.1) is 0 Å². The summed E-state index contributed by atoms with van der Waals surface area (Å²) < 4.78 is 0. The van der Waals surface area contributed by atoms with Gasteiger partial charge in [-0.05, 0) is 39.6 Å². The van der Waals surface area contributed by atoms with Gasteiger partial charge in [0.2, 0.25) is 0 Å². The summed E-state index contributed by atoms with van der Waals surface area (Å²) in [6.07, 6.45) is 2.42. The second-order valence-electron chi connectivity index (χ2n) is 5.69. The minimum Gasteiger partial charge on any atom is -0.391 e. The predicted molar refractivity (Wildman–Crippen MR) is 77.2 cm³/mol. The molecule has 1 saturated heterocycles. The minimum atomic E-state index is -0.252. The van der Waals surface area contributed by atoms with Crippen molar-refractivity contribution in [3.05, 3.63) is 24.0 Å². The molecule has 2 rings (SSSR count). The first-order valence-corrected chi connectivity index (χ1v) is 6.78. The lowest BCUT2D eigenvalue weighted by atomic mass is 10.2. The topological polar surface area (TPSA) is 65.6 Å². The molecule has 3 unspecified atom stereocenters. The van der Waals surface area contributed by atoms with E-state index in [-0.39, 0.29) is 12.1 Å². The summed E-state index contributed by atoms with van der Waals surface area (Å²) in [5.74, 6) is 0. The molecule has 5 heteroatoms. The third kappa shape index (κ3) is 3.43. The van der Waals surface area contributed by atoms with Crippen LogP contribution in [0.3, 0.4) is 0 Å². The lowest BCUT2D eigenvalue weighted by Gasteiger charge is -2.28. The van der Waals surface area contributed by atoms with Crippen molar-refractivity contribution in [3.63, 3.8) is 0 Å². The molecule has 0 aliphatic carbocycles. The van der Waals surface area contributed by atoms with Crippen LogP contribution < -0.4 is 10.6 Å². The third-order valence-corrected chi connectivity index (χ3v) is 3.54. The Hall–Kier alpha value is -1.17. The van der Waals surface area contributed by atoms with Gasteiger partial charge in [0.25, 0.3) is 0 Å². The summed E-state index contributed by atoms with van der Waals surface area (Å²) in [6, 6.07) is 4.31. The fraction of sp³-hybridized carbons (Fsp3) is 0.643. The molecule has 1 aromatic rings. The predicted octanol–water partition coefficient (Wildman–Crippen LogP) is 0.602. The van der Waals surface area contributed by atoms with Gasteiger partial charge in [0, 0.05) is 25.2 Å². The Balaban J connectivity index is 2.14. The van der Waals surface area contributed by atoms with Gasteiger partial charge in [-0.15, -0.1) is 0 Å². The van der Waals surface area contributed by atoms with E-state index in [1.54, 1.807) is 0 Å². The zero-order chi connectivity index (χ0) is 14.0. The summed E-state index contributed by atoms with van der Waals surface area (Å²) in [5.41, 5.74) is 7.77. The first kappa shape index (κ1) is 14.2. The van der Waals surface area contributed by atoms with E-state index in [0.29, 0.717) is 12.6 Å². The van der Waals surface area contributed by atoms with Crippen molar-refractivity contribution < 1.29 is 5.11 Å². The van der Waals surface area contributed by atoms with Gasteiger partial charge < -0.3 is 20.6 Å². The highest BCUT2D eigenvalue weighted by molar-refractivity contribution is 5.47. The molecule has 0 spiro atoms. The van der Waals surface area contributed by atoms with Crippen molar-refractivity contribution in [2.45, 2.75) is 31.5 Å². The SMILES string of the molecule is CC(N)c1ccc(N2CC(O)CC2CN(C)C)cn1. The molecule has 3 N–H and O–H groups in total. The molecular formula is C14H24N4O. The number of hydrogen-bond acceptors (Lipinski definition) is 5. The lowest BCUT2D eigenvalue weighted by Crippen LogP contribution is -2.37. The first-order valence-electron chi connectivity index (χ1n) is 6.78. The first-order chi connectivity index (χ1) is 8.97. The molecule has 5 nitrogen and oxygen atoms in total. The van der Waals surface area contributed by atoms with Gasteiger partial charge in [-0.1, -0.05) is 0 Å². The molecule has 1 aromatic heterocycles. The molecule has 3 atom stereocenters. The fourth-order valence-corrected chi connectivity index (χ4v) is 2.64. The number of aliphatic hydroxyl groups excluding tert-OH is 1. The summed E-state index contributed by atoms with van der Waals surface area (Å²) in [7, 11) is 4.11. The van der Waals surface area contributed by atoms with Crippen LogP contribution in [0.1, 0.15) is 25.1 Å². The van der Waals surface area contributed by atoms with Crippen molar-refractivity contribution in [2.24, 2.45) is 5.73 Å². The Morgan fingerprint density at radius 2 is 2.26 bits per heavy atom. The Bertz CT molecular complexity index is 404. The number of likely N-dealkylation sites (N-methyl/N-ethyl adjacent to an activating group) is 1. The van der Waals surface area contributed by atoms with E-state index >= 15 is 0 Å². The maximum absolute atomic E-state index is 9.89. The molecule has 19 heavy (non-hydrogen) atoms. The van der Waals surface area contributed by atoms with Crippen LogP contribution in [0.2, 0.25) is 0 Å². The fourth-order valence-electron chi connectivity index (χ4n) is 2.64. The van der Waals surface area contributed by atoms with Crippen LogP contribution in [-0.4, -0.2) is 54.3 Å². The number of anilines is 1.